The first kappa shape index (κ1) is 9.83. The van der Waals surface area contributed by atoms with Gasteiger partial charge in [-0.05, 0) is 0 Å². The van der Waals surface area contributed by atoms with Crippen LogP contribution in [-0.4, -0.2) is 37.8 Å². The van der Waals surface area contributed by atoms with Crippen molar-refractivity contribution in [1.29, 1.82) is 0 Å². The Hall–Kier alpha value is -1.17. The number of nitrogens with zero attached hydrogens (tertiary/aromatic N) is 1. The Morgan fingerprint density at radius 3 is 2.73 bits per heavy atom. The summed E-state index contributed by atoms with van der Waals surface area (Å²) < 4.78 is 8.80. The van der Waals surface area contributed by atoms with Gasteiger partial charge in [0, 0.05) is 4.92 Å². The fourth-order valence-corrected chi connectivity index (χ4v) is 0.354. The van der Waals surface area contributed by atoms with Gasteiger partial charge in [-0.3, -0.25) is 10.1 Å². The lowest BCUT2D eigenvalue weighted by Gasteiger charge is -1.98. The van der Waals surface area contributed by atoms with Crippen molar-refractivity contribution in [2.45, 2.75) is 0 Å². The molecule has 0 aromatic carbocycles. The molecule has 0 spiro atoms. The van der Waals surface area contributed by atoms with Crippen molar-refractivity contribution >= 4 is 5.97 Å². The third kappa shape index (κ3) is 6.72. The Morgan fingerprint density at radius 1 is 1.64 bits per heavy atom. The van der Waals surface area contributed by atoms with E-state index < -0.39 is 10.9 Å². The zero-order valence-corrected chi connectivity index (χ0v) is 6.11. The fourth-order valence-electron chi connectivity index (χ4n) is 0.354. The summed E-state index contributed by atoms with van der Waals surface area (Å²) in [4.78, 5) is 19.5. The molecule has 0 amide bonds. The Labute approximate surface area is 63.2 Å². The highest BCUT2D eigenvalue weighted by molar-refractivity contribution is 5.70. The molecule has 0 unspecified atom stereocenters. The molecule has 0 aromatic rings. The molecule has 0 aliphatic rings. The molecule has 0 fully saturated rings. The molecule has 0 radical (unpaired) electrons. The maximum Gasteiger partial charge on any atom is 0.331 e. The molecule has 0 saturated carbocycles. The lowest BCUT2D eigenvalue weighted by Crippen LogP contribution is -2.15. The first-order chi connectivity index (χ1) is 5.16. The van der Waals surface area contributed by atoms with Gasteiger partial charge in [0.1, 0.15) is 13.2 Å². The van der Waals surface area contributed by atoms with Crippen LogP contribution in [0.1, 0.15) is 0 Å². The van der Waals surface area contributed by atoms with Gasteiger partial charge in [0.25, 0.3) is 0 Å². The Balaban J connectivity index is 3.14. The number of carbonyl (C=O) groups is 1. The molecule has 0 saturated heterocycles. The number of hydrogen-bond acceptors (Lipinski definition) is 5. The van der Waals surface area contributed by atoms with E-state index in [9.17, 15) is 14.9 Å². The van der Waals surface area contributed by atoms with E-state index in [0.717, 1.165) is 0 Å². The molecule has 0 bridgehead atoms. The van der Waals surface area contributed by atoms with Crippen LogP contribution < -0.4 is 0 Å². The van der Waals surface area contributed by atoms with Crippen LogP contribution in [0, 0.1) is 10.1 Å². The van der Waals surface area contributed by atoms with E-state index in [0.29, 0.717) is 0 Å². The maximum atomic E-state index is 10.3. The molecule has 0 atom stereocenters. The van der Waals surface area contributed by atoms with Crippen molar-refractivity contribution in [1.82, 2.24) is 0 Å². The van der Waals surface area contributed by atoms with Gasteiger partial charge in [-0.15, -0.1) is 0 Å². The largest absolute Gasteiger partial charge is 0.467 e. The van der Waals surface area contributed by atoms with Gasteiger partial charge in [0.15, 0.2) is 0 Å². The zero-order chi connectivity index (χ0) is 8.69. The molecule has 0 aliphatic heterocycles. The lowest BCUT2D eigenvalue weighted by atomic mass is 10.7. The van der Waals surface area contributed by atoms with Crippen LogP contribution in [0.15, 0.2) is 0 Å². The molecular formula is C5H9NO5. The third-order valence-electron chi connectivity index (χ3n) is 0.866. The summed E-state index contributed by atoms with van der Waals surface area (Å²) >= 11 is 0. The Morgan fingerprint density at radius 2 is 2.27 bits per heavy atom. The molecule has 6 heteroatoms. The van der Waals surface area contributed by atoms with Crippen LogP contribution in [0.4, 0.5) is 0 Å². The smallest absolute Gasteiger partial charge is 0.331 e. The summed E-state index contributed by atoms with van der Waals surface area (Å²) in [6, 6.07) is 0. The van der Waals surface area contributed by atoms with Crippen LogP contribution in [0.2, 0.25) is 0 Å². The van der Waals surface area contributed by atoms with Gasteiger partial charge in [-0.25, -0.2) is 4.79 Å². The number of methoxy groups -OCH3 is 1. The molecule has 0 N–H and O–H groups in total. The molecule has 6 nitrogen and oxygen atoms in total. The minimum absolute atomic E-state index is 0.0674. The van der Waals surface area contributed by atoms with Gasteiger partial charge in [-0.1, -0.05) is 0 Å². The highest BCUT2D eigenvalue weighted by Gasteiger charge is 2.01. The lowest BCUT2D eigenvalue weighted by molar-refractivity contribution is -0.483. The average Bonchev–Trinajstić information content (AvgIpc) is 1.97. The SMILES string of the molecule is COC(=O)COCC[N+](=O)[O-]. The van der Waals surface area contributed by atoms with Crippen LogP contribution >= 0.6 is 0 Å². The van der Waals surface area contributed by atoms with Crippen LogP contribution in [-0.2, 0) is 14.3 Å². The van der Waals surface area contributed by atoms with Crippen LogP contribution in [0.3, 0.4) is 0 Å². The molecule has 0 aromatic heterocycles. The van der Waals surface area contributed by atoms with Crippen LogP contribution in [0.5, 0.6) is 0 Å². The van der Waals surface area contributed by atoms with Gasteiger partial charge in [0.2, 0.25) is 6.54 Å². The molecular weight excluding hydrogens is 154 g/mol. The van der Waals surface area contributed by atoms with Gasteiger partial charge in [-0.2, -0.15) is 0 Å². The molecule has 0 heterocycles. The van der Waals surface area contributed by atoms with Crippen LogP contribution in [0.25, 0.3) is 0 Å². The van der Waals surface area contributed by atoms with E-state index in [1.54, 1.807) is 0 Å². The predicted octanol–water partition coefficient (Wildman–Crippen LogP) is -0.547. The summed E-state index contributed by atoms with van der Waals surface area (Å²) in [6.45, 7) is -0.594. The quantitative estimate of drug-likeness (QED) is 0.235. The highest BCUT2D eigenvalue weighted by atomic mass is 16.6. The first-order valence-electron chi connectivity index (χ1n) is 2.93. The second-order valence-electron chi connectivity index (χ2n) is 1.69. The predicted molar refractivity (Wildman–Crippen MR) is 34.7 cm³/mol. The number of esters is 1. The second-order valence-corrected chi connectivity index (χ2v) is 1.69. The monoisotopic (exact) mass is 163 g/mol. The van der Waals surface area contributed by atoms with Crippen molar-refractivity contribution in [3.63, 3.8) is 0 Å². The Kier molecular flexibility index (Phi) is 5.01. The van der Waals surface area contributed by atoms with Gasteiger partial charge >= 0.3 is 5.97 Å². The third-order valence-corrected chi connectivity index (χ3v) is 0.866. The topological polar surface area (TPSA) is 78.7 Å². The normalized spacial score (nSPS) is 9.18. The van der Waals surface area contributed by atoms with Crippen molar-refractivity contribution in [3.05, 3.63) is 10.1 Å². The maximum absolute atomic E-state index is 10.3. The van der Waals surface area contributed by atoms with Gasteiger partial charge < -0.3 is 9.47 Å². The molecule has 0 aliphatic carbocycles. The van der Waals surface area contributed by atoms with Crippen molar-refractivity contribution < 1.29 is 19.2 Å². The molecule has 64 valence electrons. The highest BCUT2D eigenvalue weighted by Crippen LogP contribution is 1.78. The average molecular weight is 163 g/mol. The molecule has 11 heavy (non-hydrogen) atoms. The van der Waals surface area contributed by atoms with Crippen molar-refractivity contribution in [2.75, 3.05) is 26.9 Å². The number of carbonyl (C=O) groups excluding carboxylic acids is 1. The summed E-state index contributed by atoms with van der Waals surface area (Å²) in [5.41, 5.74) is 0. The minimum Gasteiger partial charge on any atom is -0.467 e. The minimum atomic E-state index is -0.534. The Bertz CT molecular complexity index is 146. The molecule has 0 rings (SSSR count). The first-order valence-corrected chi connectivity index (χ1v) is 2.93. The van der Waals surface area contributed by atoms with Crippen molar-refractivity contribution in [2.24, 2.45) is 0 Å². The number of nitro groups is 1. The van der Waals surface area contributed by atoms with E-state index in [2.05, 4.69) is 9.47 Å². The fraction of sp³-hybridized carbons (Fsp3) is 0.800. The summed E-state index contributed by atoms with van der Waals surface area (Å²) in [5.74, 6) is -0.534. The number of ether oxygens (including phenoxy) is 2. The summed E-state index contributed by atoms with van der Waals surface area (Å²) in [7, 11) is 1.22. The van der Waals surface area contributed by atoms with E-state index in [4.69, 9.17) is 0 Å². The number of rotatable bonds is 5. The standard InChI is InChI=1S/C5H9NO5/c1-10-5(7)4-11-3-2-6(8)9/h2-4H2,1H3. The van der Waals surface area contributed by atoms with E-state index in [1.165, 1.54) is 7.11 Å². The zero-order valence-electron chi connectivity index (χ0n) is 6.11. The van der Waals surface area contributed by atoms with E-state index in [1.807, 2.05) is 0 Å². The summed E-state index contributed by atoms with van der Waals surface area (Å²) in [5, 5.41) is 9.72. The number of hydrogen-bond donors (Lipinski definition) is 0. The second kappa shape index (κ2) is 5.60. The van der Waals surface area contributed by atoms with Gasteiger partial charge in [0.05, 0.1) is 7.11 Å². The van der Waals surface area contributed by atoms with E-state index >= 15 is 0 Å². The van der Waals surface area contributed by atoms with E-state index in [-0.39, 0.29) is 19.8 Å². The summed E-state index contributed by atoms with van der Waals surface area (Å²) in [6.07, 6.45) is 0. The van der Waals surface area contributed by atoms with Crippen molar-refractivity contribution in [3.8, 4) is 0 Å².